The Morgan fingerprint density at radius 2 is 2.00 bits per heavy atom. The van der Waals surface area contributed by atoms with Crippen LogP contribution in [0, 0.1) is 0 Å². The maximum atomic E-state index is 12.0. The Morgan fingerprint density at radius 3 is 2.53 bits per heavy atom. The largest absolute Gasteiger partial charge is 0.349 e. The number of carbonyl (C=O) groups is 1. The first-order valence-corrected chi connectivity index (χ1v) is 6.79. The van der Waals surface area contributed by atoms with Crippen LogP contribution in [0.3, 0.4) is 0 Å². The molecule has 1 N–H and O–H groups in total. The monoisotopic (exact) mass is 262 g/mol. The predicted molar refractivity (Wildman–Crippen MR) is 73.8 cm³/mol. The molecule has 1 aromatic rings. The number of piperidine rings is 1. The molecule has 0 aromatic carbocycles. The average Bonchev–Trinajstić information content (AvgIpc) is 2.39. The lowest BCUT2D eigenvalue weighted by molar-refractivity contribution is 0.0812. The van der Waals surface area contributed by atoms with Gasteiger partial charge < -0.3 is 5.32 Å². The molecule has 1 fully saturated rings. The number of rotatable bonds is 2. The molecular weight excluding hydrogens is 240 g/mol. The summed E-state index contributed by atoms with van der Waals surface area (Å²) in [6, 6.07) is 1.95. The molecule has 5 nitrogen and oxygen atoms in total. The van der Waals surface area contributed by atoms with E-state index in [1.807, 2.05) is 0 Å². The number of aromatic nitrogens is 2. The third-order valence-electron chi connectivity index (χ3n) is 3.63. The first-order valence-electron chi connectivity index (χ1n) is 6.79. The molecule has 0 saturated carbocycles. The van der Waals surface area contributed by atoms with E-state index in [9.17, 15) is 4.79 Å². The van der Waals surface area contributed by atoms with Gasteiger partial charge in [0, 0.05) is 24.7 Å². The molecule has 2 heterocycles. The van der Waals surface area contributed by atoms with Gasteiger partial charge >= 0.3 is 0 Å². The lowest BCUT2D eigenvalue weighted by Crippen LogP contribution is -2.50. The fraction of sp³-hybridized carbons (Fsp3) is 0.643. The summed E-state index contributed by atoms with van der Waals surface area (Å²) in [6.07, 6.45) is 5.04. The van der Waals surface area contributed by atoms with E-state index in [1.54, 1.807) is 6.07 Å². The van der Waals surface area contributed by atoms with Crippen LogP contribution in [-0.2, 0) is 0 Å². The highest BCUT2D eigenvalue weighted by Gasteiger charge is 2.27. The number of nitrogens with one attached hydrogen (secondary N) is 1. The van der Waals surface area contributed by atoms with Crippen molar-refractivity contribution in [2.24, 2.45) is 0 Å². The Labute approximate surface area is 114 Å². The summed E-state index contributed by atoms with van der Waals surface area (Å²) in [6.45, 7) is 8.75. The quantitative estimate of drug-likeness (QED) is 0.877. The highest BCUT2D eigenvalue weighted by Crippen LogP contribution is 2.20. The number of likely N-dealkylation sites (tertiary alicyclic amines) is 1. The fourth-order valence-electron chi connectivity index (χ4n) is 2.39. The number of hydrogen-bond donors (Lipinski definition) is 1. The second-order valence-corrected chi connectivity index (χ2v) is 6.04. The molecule has 19 heavy (non-hydrogen) atoms. The predicted octanol–water partition coefficient (Wildman–Crippen LogP) is 1.47. The van der Waals surface area contributed by atoms with Gasteiger partial charge in [0.2, 0.25) is 0 Å². The van der Waals surface area contributed by atoms with E-state index in [2.05, 4.69) is 41.2 Å². The molecule has 5 heteroatoms. The van der Waals surface area contributed by atoms with E-state index in [0.29, 0.717) is 5.56 Å². The topological polar surface area (TPSA) is 58.1 Å². The van der Waals surface area contributed by atoms with Crippen LogP contribution in [0.2, 0.25) is 0 Å². The summed E-state index contributed by atoms with van der Waals surface area (Å²) in [5.74, 6) is -0.0518. The normalized spacial score (nSPS) is 18.3. The summed E-state index contributed by atoms with van der Waals surface area (Å²) in [4.78, 5) is 14.5. The lowest BCUT2D eigenvalue weighted by Gasteiger charge is -2.41. The second kappa shape index (κ2) is 5.65. The van der Waals surface area contributed by atoms with Gasteiger partial charge in [-0.05, 0) is 39.7 Å². The van der Waals surface area contributed by atoms with Crippen LogP contribution in [0.15, 0.2) is 18.5 Å². The van der Waals surface area contributed by atoms with Crippen LogP contribution in [-0.4, -0.2) is 45.7 Å². The average molecular weight is 262 g/mol. The minimum absolute atomic E-state index is 0.0518. The zero-order valence-electron chi connectivity index (χ0n) is 11.9. The van der Waals surface area contributed by atoms with Crippen molar-refractivity contribution < 1.29 is 4.79 Å². The first-order chi connectivity index (χ1) is 8.97. The van der Waals surface area contributed by atoms with E-state index < -0.39 is 0 Å². The third-order valence-corrected chi connectivity index (χ3v) is 3.63. The summed E-state index contributed by atoms with van der Waals surface area (Å²) < 4.78 is 0. The van der Waals surface area contributed by atoms with Crippen LogP contribution < -0.4 is 5.32 Å². The Hall–Kier alpha value is -1.49. The molecule has 2 rings (SSSR count). The first kappa shape index (κ1) is 13.9. The minimum Gasteiger partial charge on any atom is -0.349 e. The summed E-state index contributed by atoms with van der Waals surface area (Å²) >= 11 is 0. The summed E-state index contributed by atoms with van der Waals surface area (Å²) in [5, 5.41) is 10.5. The van der Waals surface area contributed by atoms with E-state index in [-0.39, 0.29) is 17.5 Å². The van der Waals surface area contributed by atoms with Crippen molar-refractivity contribution in [2.45, 2.75) is 45.2 Å². The van der Waals surface area contributed by atoms with E-state index in [0.717, 1.165) is 25.9 Å². The van der Waals surface area contributed by atoms with Gasteiger partial charge in [-0.15, -0.1) is 0 Å². The fourth-order valence-corrected chi connectivity index (χ4v) is 2.39. The van der Waals surface area contributed by atoms with Crippen LogP contribution >= 0.6 is 0 Å². The van der Waals surface area contributed by atoms with Gasteiger partial charge in [-0.2, -0.15) is 10.2 Å². The van der Waals surface area contributed by atoms with Gasteiger partial charge in [0.25, 0.3) is 5.91 Å². The van der Waals surface area contributed by atoms with Gasteiger partial charge in [-0.3, -0.25) is 9.69 Å². The van der Waals surface area contributed by atoms with Gasteiger partial charge in [0.05, 0.1) is 18.0 Å². The van der Waals surface area contributed by atoms with E-state index in [1.165, 1.54) is 12.4 Å². The maximum absolute atomic E-state index is 12.0. The van der Waals surface area contributed by atoms with E-state index >= 15 is 0 Å². The molecule has 104 valence electrons. The van der Waals surface area contributed by atoms with Crippen LogP contribution in [0.4, 0.5) is 0 Å². The molecule has 1 saturated heterocycles. The Bertz CT molecular complexity index is 419. The van der Waals surface area contributed by atoms with Gasteiger partial charge in [0.15, 0.2) is 0 Å². The van der Waals surface area contributed by atoms with Crippen LogP contribution in [0.25, 0.3) is 0 Å². The molecule has 0 bridgehead atoms. The van der Waals surface area contributed by atoms with Crippen molar-refractivity contribution in [3.63, 3.8) is 0 Å². The van der Waals surface area contributed by atoms with E-state index in [4.69, 9.17) is 0 Å². The summed E-state index contributed by atoms with van der Waals surface area (Å²) in [7, 11) is 0. The van der Waals surface area contributed by atoms with Gasteiger partial charge in [-0.25, -0.2) is 0 Å². The molecule has 0 radical (unpaired) electrons. The summed E-state index contributed by atoms with van der Waals surface area (Å²) in [5.41, 5.74) is 0.789. The number of amides is 1. The van der Waals surface area contributed by atoms with Crippen molar-refractivity contribution in [1.82, 2.24) is 20.4 Å². The van der Waals surface area contributed by atoms with Gasteiger partial charge in [-0.1, -0.05) is 0 Å². The molecule has 0 aliphatic carbocycles. The Morgan fingerprint density at radius 1 is 1.32 bits per heavy atom. The maximum Gasteiger partial charge on any atom is 0.253 e. The van der Waals surface area contributed by atoms with Crippen molar-refractivity contribution in [2.75, 3.05) is 13.1 Å². The molecular formula is C14H22N4O. The number of nitrogens with zero attached hydrogens (tertiary/aromatic N) is 3. The Balaban J connectivity index is 1.85. The van der Waals surface area contributed by atoms with Crippen molar-refractivity contribution >= 4 is 5.91 Å². The molecule has 0 atom stereocenters. The highest BCUT2D eigenvalue weighted by molar-refractivity contribution is 5.93. The molecule has 1 aliphatic rings. The zero-order valence-corrected chi connectivity index (χ0v) is 11.9. The van der Waals surface area contributed by atoms with Crippen LogP contribution in [0.5, 0.6) is 0 Å². The Kier molecular flexibility index (Phi) is 4.14. The highest BCUT2D eigenvalue weighted by atomic mass is 16.1. The SMILES string of the molecule is CC(C)(C)N1CCC(NC(=O)c2ccnnc2)CC1. The molecule has 1 aliphatic heterocycles. The third kappa shape index (κ3) is 3.73. The molecule has 0 unspecified atom stereocenters. The van der Waals surface area contributed by atoms with Crippen molar-refractivity contribution in [1.29, 1.82) is 0 Å². The van der Waals surface area contributed by atoms with Crippen LogP contribution in [0.1, 0.15) is 44.0 Å². The molecule has 1 amide bonds. The lowest BCUT2D eigenvalue weighted by atomic mass is 9.98. The van der Waals surface area contributed by atoms with Gasteiger partial charge in [0.1, 0.15) is 0 Å². The standard InChI is InChI=1S/C14H22N4O/c1-14(2,3)18-8-5-12(6-9-18)17-13(19)11-4-7-15-16-10-11/h4,7,10,12H,5-6,8-9H2,1-3H3,(H,17,19). The smallest absolute Gasteiger partial charge is 0.253 e. The minimum atomic E-state index is -0.0518. The second-order valence-electron chi connectivity index (χ2n) is 6.04. The molecule has 0 spiro atoms. The number of hydrogen-bond acceptors (Lipinski definition) is 4. The molecule has 1 aromatic heterocycles. The number of carbonyl (C=O) groups excluding carboxylic acids is 1. The van der Waals surface area contributed by atoms with Crippen molar-refractivity contribution in [3.05, 3.63) is 24.0 Å². The zero-order chi connectivity index (χ0) is 13.9. The van der Waals surface area contributed by atoms with Crippen molar-refractivity contribution in [3.8, 4) is 0 Å².